The average molecular weight is 435 g/mol. The minimum Gasteiger partial charge on any atom is -0.463 e. The lowest BCUT2D eigenvalue weighted by Crippen LogP contribution is -2.63. The zero-order chi connectivity index (χ0) is 22.9. The molecule has 0 saturated carbocycles. The van der Waals surface area contributed by atoms with Gasteiger partial charge in [0.1, 0.15) is 16.9 Å². The van der Waals surface area contributed by atoms with E-state index >= 15 is 0 Å². The van der Waals surface area contributed by atoms with E-state index in [-0.39, 0.29) is 18.4 Å². The molecule has 168 valence electrons. The number of nitrogens with zero attached hydrogens (tertiary/aromatic N) is 3. The normalized spacial score (nSPS) is 18.2. The van der Waals surface area contributed by atoms with E-state index in [0.29, 0.717) is 36.2 Å². The Hall–Kier alpha value is -3.35. The van der Waals surface area contributed by atoms with E-state index in [0.717, 1.165) is 17.5 Å². The molecule has 2 amide bonds. The number of furan rings is 1. The SMILES string of the molecule is Cc1ccccc1CN1C(=O)c2cc(-c3ccco3)nn2C[C@@]1(C)C(=O)NCCC(C)C. The van der Waals surface area contributed by atoms with Gasteiger partial charge in [0.25, 0.3) is 5.91 Å². The monoisotopic (exact) mass is 434 g/mol. The summed E-state index contributed by atoms with van der Waals surface area (Å²) >= 11 is 0. The molecule has 0 saturated heterocycles. The van der Waals surface area contributed by atoms with E-state index in [1.165, 1.54) is 0 Å². The molecule has 0 fully saturated rings. The Bertz CT molecular complexity index is 1120. The summed E-state index contributed by atoms with van der Waals surface area (Å²) in [6.07, 6.45) is 2.45. The van der Waals surface area contributed by atoms with E-state index in [9.17, 15) is 9.59 Å². The third-order valence-electron chi connectivity index (χ3n) is 6.16. The summed E-state index contributed by atoms with van der Waals surface area (Å²) in [6, 6.07) is 13.3. The molecule has 0 spiro atoms. The quantitative estimate of drug-likeness (QED) is 0.609. The number of carbonyl (C=O) groups excluding carboxylic acids is 2. The van der Waals surface area contributed by atoms with Gasteiger partial charge in [0.2, 0.25) is 5.91 Å². The molecule has 0 unspecified atom stereocenters. The maximum Gasteiger partial charge on any atom is 0.273 e. The van der Waals surface area contributed by atoms with Gasteiger partial charge in [-0.25, -0.2) is 0 Å². The molecule has 0 radical (unpaired) electrons. The maximum absolute atomic E-state index is 13.7. The zero-order valence-corrected chi connectivity index (χ0v) is 19.1. The fourth-order valence-corrected chi connectivity index (χ4v) is 4.06. The molecule has 3 heterocycles. The molecule has 1 aromatic carbocycles. The maximum atomic E-state index is 13.7. The number of aromatic nitrogens is 2. The highest BCUT2D eigenvalue weighted by molar-refractivity contribution is 6.00. The van der Waals surface area contributed by atoms with Crippen LogP contribution in [0.25, 0.3) is 11.5 Å². The van der Waals surface area contributed by atoms with Crippen LogP contribution in [-0.2, 0) is 17.9 Å². The fourth-order valence-electron chi connectivity index (χ4n) is 4.06. The van der Waals surface area contributed by atoms with Crippen molar-refractivity contribution in [3.05, 3.63) is 65.5 Å². The van der Waals surface area contributed by atoms with Gasteiger partial charge in [-0.05, 0) is 49.4 Å². The smallest absolute Gasteiger partial charge is 0.273 e. The third-order valence-corrected chi connectivity index (χ3v) is 6.16. The summed E-state index contributed by atoms with van der Waals surface area (Å²) in [5.41, 5.74) is 2.06. The summed E-state index contributed by atoms with van der Waals surface area (Å²) in [6.45, 7) is 9.27. The van der Waals surface area contributed by atoms with Gasteiger partial charge in [-0.2, -0.15) is 5.10 Å². The van der Waals surface area contributed by atoms with Gasteiger partial charge in [0.05, 0.1) is 12.8 Å². The first-order valence-corrected chi connectivity index (χ1v) is 11.1. The first kappa shape index (κ1) is 21.9. The molecule has 1 aliphatic heterocycles. The summed E-state index contributed by atoms with van der Waals surface area (Å²) < 4.78 is 7.10. The highest BCUT2D eigenvalue weighted by Gasteiger charge is 2.48. The second-order valence-corrected chi connectivity index (χ2v) is 9.08. The van der Waals surface area contributed by atoms with E-state index in [1.807, 2.05) is 44.2 Å². The van der Waals surface area contributed by atoms with Crippen molar-refractivity contribution in [3.63, 3.8) is 0 Å². The number of carbonyl (C=O) groups is 2. The van der Waals surface area contributed by atoms with E-state index in [2.05, 4.69) is 24.3 Å². The summed E-state index contributed by atoms with van der Waals surface area (Å²) in [5.74, 6) is 0.688. The fraction of sp³-hybridized carbons (Fsp3) is 0.400. The Labute approximate surface area is 188 Å². The van der Waals surface area contributed by atoms with Crippen LogP contribution in [0.4, 0.5) is 0 Å². The van der Waals surface area contributed by atoms with Crippen molar-refractivity contribution in [1.82, 2.24) is 20.0 Å². The summed E-state index contributed by atoms with van der Waals surface area (Å²) in [4.78, 5) is 28.8. The van der Waals surface area contributed by atoms with Gasteiger partial charge in [0.15, 0.2) is 5.76 Å². The highest BCUT2D eigenvalue weighted by Crippen LogP contribution is 2.32. The standard InChI is InChI=1S/C25H30N4O3/c1-17(2)11-12-26-24(31)25(4)16-29-21(14-20(27-29)22-10-7-13-32-22)23(30)28(25)15-19-9-6-5-8-18(19)3/h5-10,13-14,17H,11-12,15-16H2,1-4H3,(H,26,31)/t25-/m0/s1. The van der Waals surface area contributed by atoms with Gasteiger partial charge in [-0.15, -0.1) is 0 Å². The first-order valence-electron chi connectivity index (χ1n) is 11.1. The van der Waals surface area contributed by atoms with Crippen LogP contribution in [0.2, 0.25) is 0 Å². The molecular formula is C25H30N4O3. The molecule has 3 aromatic rings. The number of aryl methyl sites for hydroxylation is 1. The zero-order valence-electron chi connectivity index (χ0n) is 19.1. The molecule has 0 aliphatic carbocycles. The number of hydrogen-bond acceptors (Lipinski definition) is 4. The van der Waals surface area contributed by atoms with Crippen LogP contribution < -0.4 is 5.32 Å². The molecule has 0 bridgehead atoms. The van der Waals surface area contributed by atoms with Crippen LogP contribution in [0.1, 0.15) is 48.8 Å². The summed E-state index contributed by atoms with van der Waals surface area (Å²) in [7, 11) is 0. The van der Waals surface area contributed by atoms with Crippen molar-refractivity contribution in [2.75, 3.05) is 6.54 Å². The van der Waals surface area contributed by atoms with Gasteiger partial charge in [-0.1, -0.05) is 38.1 Å². The molecule has 7 nitrogen and oxygen atoms in total. The lowest BCUT2D eigenvalue weighted by molar-refractivity contribution is -0.133. The number of fused-ring (bicyclic) bond motifs is 1. The van der Waals surface area contributed by atoms with Crippen molar-refractivity contribution in [3.8, 4) is 11.5 Å². The topological polar surface area (TPSA) is 80.4 Å². The lowest BCUT2D eigenvalue weighted by atomic mass is 9.93. The minimum absolute atomic E-state index is 0.166. The average Bonchev–Trinajstić information content (AvgIpc) is 3.42. The molecule has 1 aliphatic rings. The second kappa shape index (κ2) is 8.65. The van der Waals surface area contributed by atoms with Gasteiger partial charge >= 0.3 is 0 Å². The predicted octanol–water partition coefficient (Wildman–Crippen LogP) is 4.03. The Morgan fingerprint density at radius 3 is 2.72 bits per heavy atom. The third kappa shape index (κ3) is 4.07. The van der Waals surface area contributed by atoms with E-state index < -0.39 is 5.54 Å². The number of benzene rings is 1. The number of nitrogens with one attached hydrogen (secondary N) is 1. The largest absolute Gasteiger partial charge is 0.463 e. The van der Waals surface area contributed by atoms with Crippen molar-refractivity contribution in [1.29, 1.82) is 0 Å². The number of hydrogen-bond donors (Lipinski definition) is 1. The van der Waals surface area contributed by atoms with Gasteiger partial charge in [0, 0.05) is 19.2 Å². The van der Waals surface area contributed by atoms with Crippen LogP contribution in [-0.4, -0.2) is 38.6 Å². The summed E-state index contributed by atoms with van der Waals surface area (Å²) in [5, 5.41) is 7.63. The van der Waals surface area contributed by atoms with E-state index in [4.69, 9.17) is 4.42 Å². The van der Waals surface area contributed by atoms with Gasteiger partial charge in [-0.3, -0.25) is 14.3 Å². The van der Waals surface area contributed by atoms with Crippen molar-refractivity contribution < 1.29 is 14.0 Å². The Morgan fingerprint density at radius 1 is 1.25 bits per heavy atom. The van der Waals surface area contributed by atoms with Crippen LogP contribution in [0, 0.1) is 12.8 Å². The minimum atomic E-state index is -1.07. The molecule has 7 heteroatoms. The Kier molecular flexibility index (Phi) is 5.91. The molecule has 1 atom stereocenters. The highest BCUT2D eigenvalue weighted by atomic mass is 16.3. The molecule has 4 rings (SSSR count). The Morgan fingerprint density at radius 2 is 2.03 bits per heavy atom. The molecule has 2 aromatic heterocycles. The van der Waals surface area contributed by atoms with Gasteiger partial charge < -0.3 is 14.6 Å². The van der Waals surface area contributed by atoms with Crippen molar-refractivity contribution >= 4 is 11.8 Å². The molecule has 32 heavy (non-hydrogen) atoms. The van der Waals surface area contributed by atoms with Crippen molar-refractivity contribution in [2.24, 2.45) is 5.92 Å². The van der Waals surface area contributed by atoms with Crippen LogP contribution in [0.15, 0.2) is 53.1 Å². The lowest BCUT2D eigenvalue weighted by Gasteiger charge is -2.43. The predicted molar refractivity (Wildman–Crippen MR) is 122 cm³/mol. The molecular weight excluding hydrogens is 404 g/mol. The second-order valence-electron chi connectivity index (χ2n) is 9.08. The first-order chi connectivity index (χ1) is 15.3. The van der Waals surface area contributed by atoms with Crippen LogP contribution in [0.5, 0.6) is 0 Å². The van der Waals surface area contributed by atoms with E-state index in [1.54, 1.807) is 28.0 Å². The number of amides is 2. The van der Waals surface area contributed by atoms with Crippen LogP contribution >= 0.6 is 0 Å². The van der Waals surface area contributed by atoms with Crippen LogP contribution in [0.3, 0.4) is 0 Å². The number of rotatable bonds is 7. The molecule has 1 N–H and O–H groups in total. The van der Waals surface area contributed by atoms with Crippen molar-refractivity contribution in [2.45, 2.75) is 52.7 Å². The Balaban J connectivity index is 1.71.